The average Bonchev–Trinajstić information content (AvgIpc) is 2.98. The molecule has 0 saturated carbocycles. The molecule has 0 spiro atoms. The first-order valence-corrected chi connectivity index (χ1v) is 9.67. The van der Waals surface area contributed by atoms with Gasteiger partial charge in [-0.05, 0) is 59.7 Å². The van der Waals surface area contributed by atoms with Crippen molar-refractivity contribution in [3.8, 4) is 0 Å². The molecule has 0 aliphatic rings. The molecule has 3 aromatic rings. The van der Waals surface area contributed by atoms with Crippen molar-refractivity contribution in [2.75, 3.05) is 12.8 Å². The number of nitrogens with one attached hydrogen (secondary N) is 1. The van der Waals surface area contributed by atoms with Crippen LogP contribution in [0, 0.1) is 6.92 Å². The van der Waals surface area contributed by atoms with Crippen LogP contribution in [0.25, 0.3) is 10.1 Å². The van der Waals surface area contributed by atoms with Crippen molar-refractivity contribution in [1.29, 1.82) is 0 Å². The summed E-state index contributed by atoms with van der Waals surface area (Å²) in [5.41, 5.74) is 3.09. The van der Waals surface area contributed by atoms with E-state index in [9.17, 15) is 4.79 Å². The predicted octanol–water partition coefficient (Wildman–Crippen LogP) is 4.90. The number of amides is 1. The predicted molar refractivity (Wildman–Crippen MR) is 101 cm³/mol. The van der Waals surface area contributed by atoms with E-state index in [0.29, 0.717) is 6.54 Å². The van der Waals surface area contributed by atoms with Crippen molar-refractivity contribution in [1.82, 2.24) is 5.32 Å². The van der Waals surface area contributed by atoms with Gasteiger partial charge in [-0.1, -0.05) is 24.3 Å². The number of fused-ring (bicyclic) bond motifs is 1. The topological polar surface area (TPSA) is 29.1 Å². The number of rotatable bonds is 5. The molecule has 1 heterocycles. The molecule has 0 bridgehead atoms. The molecule has 1 N–H and O–H groups in total. The van der Waals surface area contributed by atoms with Gasteiger partial charge in [-0.3, -0.25) is 4.79 Å². The summed E-state index contributed by atoms with van der Waals surface area (Å²) in [6.07, 6.45) is 2.88. The lowest BCUT2D eigenvalue weighted by Crippen LogP contribution is -2.26. The third-order valence-electron chi connectivity index (χ3n) is 3.93. The molecule has 0 saturated heterocycles. The molecule has 0 aliphatic carbocycles. The Morgan fingerprint density at radius 2 is 2.04 bits per heavy atom. The molecule has 0 unspecified atom stereocenters. The molecule has 0 radical (unpaired) electrons. The number of carbonyl (C=O) groups is 1. The van der Waals surface area contributed by atoms with Crippen molar-refractivity contribution < 1.29 is 4.79 Å². The minimum atomic E-state index is 0.0120. The van der Waals surface area contributed by atoms with Crippen molar-refractivity contribution in [2.24, 2.45) is 0 Å². The monoisotopic (exact) mass is 341 g/mol. The maximum absolute atomic E-state index is 12.4. The van der Waals surface area contributed by atoms with Gasteiger partial charge in [0.2, 0.25) is 0 Å². The Bertz CT molecular complexity index is 838. The van der Waals surface area contributed by atoms with Crippen LogP contribution in [-0.4, -0.2) is 18.7 Å². The van der Waals surface area contributed by atoms with Crippen LogP contribution in [0.5, 0.6) is 0 Å². The lowest BCUT2D eigenvalue weighted by molar-refractivity contribution is 0.0953. The van der Waals surface area contributed by atoms with Gasteiger partial charge in [-0.15, -0.1) is 23.1 Å². The summed E-state index contributed by atoms with van der Waals surface area (Å²) < 4.78 is 1.30. The first-order valence-electron chi connectivity index (χ1n) is 7.57. The van der Waals surface area contributed by atoms with Gasteiger partial charge in [0.1, 0.15) is 0 Å². The third-order valence-corrected chi connectivity index (χ3v) is 5.67. The lowest BCUT2D eigenvalue weighted by Gasteiger charge is -2.09. The second kappa shape index (κ2) is 7.20. The molecule has 23 heavy (non-hydrogen) atoms. The number of thioether (sulfide) groups is 1. The van der Waals surface area contributed by atoms with E-state index in [-0.39, 0.29) is 5.91 Å². The van der Waals surface area contributed by atoms with E-state index in [0.717, 1.165) is 22.4 Å². The largest absolute Gasteiger partial charge is 0.352 e. The van der Waals surface area contributed by atoms with Gasteiger partial charge in [0.15, 0.2) is 0 Å². The molecule has 0 fully saturated rings. The molecular formula is C19H19NOS2. The zero-order chi connectivity index (χ0) is 16.2. The number of benzene rings is 2. The Balaban J connectivity index is 1.65. The van der Waals surface area contributed by atoms with Gasteiger partial charge in [0, 0.05) is 21.7 Å². The highest BCUT2D eigenvalue weighted by Gasteiger charge is 2.10. The molecule has 3 rings (SSSR count). The molecule has 118 valence electrons. The number of carbonyl (C=O) groups excluding carboxylic acids is 1. The molecule has 2 aromatic carbocycles. The van der Waals surface area contributed by atoms with Gasteiger partial charge in [0.05, 0.1) is 0 Å². The average molecular weight is 342 g/mol. The van der Waals surface area contributed by atoms with Crippen LogP contribution in [0.1, 0.15) is 21.5 Å². The fourth-order valence-electron chi connectivity index (χ4n) is 2.61. The Morgan fingerprint density at radius 1 is 1.22 bits per heavy atom. The van der Waals surface area contributed by atoms with Crippen LogP contribution in [0.4, 0.5) is 0 Å². The number of hydrogen-bond acceptors (Lipinski definition) is 3. The van der Waals surface area contributed by atoms with Crippen LogP contribution < -0.4 is 5.32 Å². The van der Waals surface area contributed by atoms with E-state index in [1.165, 1.54) is 15.6 Å². The van der Waals surface area contributed by atoms with Crippen LogP contribution >= 0.6 is 23.1 Å². The normalized spacial score (nSPS) is 10.9. The van der Waals surface area contributed by atoms with E-state index in [4.69, 9.17) is 0 Å². The van der Waals surface area contributed by atoms with Gasteiger partial charge >= 0.3 is 0 Å². The van der Waals surface area contributed by atoms with Gasteiger partial charge < -0.3 is 5.32 Å². The molecule has 1 aromatic heterocycles. The molecule has 1 amide bonds. The van der Waals surface area contributed by atoms with Crippen LogP contribution in [0.2, 0.25) is 0 Å². The Hall–Kier alpha value is -1.78. The van der Waals surface area contributed by atoms with E-state index in [1.54, 1.807) is 23.1 Å². The molecule has 0 atom stereocenters. The second-order valence-corrected chi connectivity index (χ2v) is 7.23. The zero-order valence-electron chi connectivity index (χ0n) is 13.3. The summed E-state index contributed by atoms with van der Waals surface area (Å²) in [5.74, 6) is 0.0120. The first-order chi connectivity index (χ1) is 11.2. The SMILES string of the molecule is CSc1ccc(C)c(C(=O)NCCc2csc3ccccc23)c1. The summed E-state index contributed by atoms with van der Waals surface area (Å²) in [5, 5.41) is 6.54. The van der Waals surface area contributed by atoms with Gasteiger partial charge in [-0.25, -0.2) is 0 Å². The lowest BCUT2D eigenvalue weighted by atomic mass is 10.1. The quantitative estimate of drug-likeness (QED) is 0.669. The second-order valence-electron chi connectivity index (χ2n) is 5.44. The summed E-state index contributed by atoms with van der Waals surface area (Å²) >= 11 is 3.41. The summed E-state index contributed by atoms with van der Waals surface area (Å²) in [4.78, 5) is 13.5. The minimum absolute atomic E-state index is 0.0120. The summed E-state index contributed by atoms with van der Waals surface area (Å²) in [7, 11) is 0. The van der Waals surface area contributed by atoms with Crippen LogP contribution in [0.3, 0.4) is 0 Å². The first kappa shape index (κ1) is 16.1. The van der Waals surface area contributed by atoms with E-state index < -0.39 is 0 Å². The molecule has 2 nitrogen and oxygen atoms in total. The fourth-order valence-corrected chi connectivity index (χ4v) is 4.04. The number of aryl methyl sites for hydroxylation is 1. The highest BCUT2D eigenvalue weighted by molar-refractivity contribution is 7.98. The van der Waals surface area contributed by atoms with E-state index in [2.05, 4.69) is 35.0 Å². The van der Waals surface area contributed by atoms with Crippen molar-refractivity contribution in [3.05, 3.63) is 64.5 Å². The third kappa shape index (κ3) is 3.59. The van der Waals surface area contributed by atoms with Crippen molar-refractivity contribution >= 4 is 39.1 Å². The maximum Gasteiger partial charge on any atom is 0.251 e. The van der Waals surface area contributed by atoms with E-state index >= 15 is 0 Å². The summed E-state index contributed by atoms with van der Waals surface area (Å²) in [6, 6.07) is 14.4. The highest BCUT2D eigenvalue weighted by atomic mass is 32.2. The van der Waals surface area contributed by atoms with E-state index in [1.807, 2.05) is 31.4 Å². The number of thiophene rings is 1. The summed E-state index contributed by atoms with van der Waals surface area (Å²) in [6.45, 7) is 2.63. The smallest absolute Gasteiger partial charge is 0.251 e. The highest BCUT2D eigenvalue weighted by Crippen LogP contribution is 2.25. The zero-order valence-corrected chi connectivity index (χ0v) is 14.9. The van der Waals surface area contributed by atoms with Crippen LogP contribution in [-0.2, 0) is 6.42 Å². The van der Waals surface area contributed by atoms with Crippen LogP contribution in [0.15, 0.2) is 52.7 Å². The fraction of sp³-hybridized carbons (Fsp3) is 0.211. The van der Waals surface area contributed by atoms with Gasteiger partial charge in [-0.2, -0.15) is 0 Å². The Kier molecular flexibility index (Phi) is 5.03. The van der Waals surface area contributed by atoms with Gasteiger partial charge in [0.25, 0.3) is 5.91 Å². The Morgan fingerprint density at radius 3 is 2.87 bits per heavy atom. The minimum Gasteiger partial charge on any atom is -0.352 e. The standard InChI is InChI=1S/C19H19NOS2/c1-13-7-8-15(22-2)11-17(13)19(21)20-10-9-14-12-23-18-6-4-3-5-16(14)18/h3-8,11-12H,9-10H2,1-2H3,(H,20,21). The molecule has 0 aliphatic heterocycles. The molecule has 4 heteroatoms. The van der Waals surface area contributed by atoms with Crippen molar-refractivity contribution in [2.45, 2.75) is 18.2 Å². The number of hydrogen-bond donors (Lipinski definition) is 1. The maximum atomic E-state index is 12.4. The molecular weight excluding hydrogens is 322 g/mol. The Labute approximate surface area is 144 Å². The van der Waals surface area contributed by atoms with Crippen molar-refractivity contribution in [3.63, 3.8) is 0 Å².